The normalized spacial score (nSPS) is 10.5. The first kappa shape index (κ1) is 20.4. The Morgan fingerprint density at radius 3 is 2.52 bits per heavy atom. The van der Waals surface area contributed by atoms with E-state index in [0.717, 1.165) is 17.2 Å². The predicted octanol–water partition coefficient (Wildman–Crippen LogP) is 3.30. The number of rotatable bonds is 8. The first-order chi connectivity index (χ1) is 12.9. The number of methoxy groups -OCH3 is 1. The molecule has 0 aliphatic carbocycles. The molecule has 0 spiro atoms. The lowest BCUT2D eigenvalue weighted by Gasteiger charge is -2.23. The molecule has 0 bridgehead atoms. The van der Waals surface area contributed by atoms with Crippen LogP contribution in [0.4, 0.5) is 14.9 Å². The Balaban J connectivity index is 2.16. The zero-order chi connectivity index (χ0) is 19.8. The molecule has 2 rings (SSSR count). The molecule has 0 saturated heterocycles. The van der Waals surface area contributed by atoms with Crippen LogP contribution in [0.3, 0.4) is 0 Å². The number of nitrogens with zero attached hydrogens (tertiary/aromatic N) is 1. The highest BCUT2D eigenvalue weighted by atomic mass is 19.1. The van der Waals surface area contributed by atoms with E-state index in [4.69, 9.17) is 10.5 Å². The Morgan fingerprint density at radius 1 is 1.19 bits per heavy atom. The summed E-state index contributed by atoms with van der Waals surface area (Å²) in [6.07, 6.45) is 0.638. The lowest BCUT2D eigenvalue weighted by Crippen LogP contribution is -2.36. The molecule has 3 amide bonds. The van der Waals surface area contributed by atoms with Gasteiger partial charge in [0.05, 0.1) is 5.69 Å². The van der Waals surface area contributed by atoms with Gasteiger partial charge in [-0.15, -0.1) is 0 Å². The Kier molecular flexibility index (Phi) is 7.31. The van der Waals surface area contributed by atoms with E-state index in [2.05, 4.69) is 5.32 Å². The molecule has 7 heteroatoms. The van der Waals surface area contributed by atoms with E-state index in [1.165, 1.54) is 12.1 Å². The highest BCUT2D eigenvalue weighted by molar-refractivity contribution is 5.96. The van der Waals surface area contributed by atoms with Crippen LogP contribution in [0, 0.1) is 12.7 Å². The summed E-state index contributed by atoms with van der Waals surface area (Å²) >= 11 is 0. The summed E-state index contributed by atoms with van der Waals surface area (Å²) in [5.74, 6) is -1.33. The number of hydrogen-bond donors (Lipinski definition) is 2. The number of aryl methyl sites for hydroxylation is 1. The third kappa shape index (κ3) is 6.07. The maximum atomic E-state index is 14.0. The van der Waals surface area contributed by atoms with Crippen LogP contribution in [0.15, 0.2) is 42.5 Å². The third-order valence-corrected chi connectivity index (χ3v) is 4.05. The summed E-state index contributed by atoms with van der Waals surface area (Å²) < 4.78 is 19.1. The summed E-state index contributed by atoms with van der Waals surface area (Å²) in [7, 11) is 1.59. The minimum atomic E-state index is -0.692. The summed E-state index contributed by atoms with van der Waals surface area (Å²) in [6, 6.07) is 11.0. The molecule has 0 atom stereocenters. The van der Waals surface area contributed by atoms with Gasteiger partial charge in [0.25, 0.3) is 0 Å². The van der Waals surface area contributed by atoms with E-state index in [-0.39, 0.29) is 11.3 Å². The van der Waals surface area contributed by atoms with E-state index in [1.54, 1.807) is 12.0 Å². The molecule has 0 aliphatic rings. The van der Waals surface area contributed by atoms with Crippen molar-refractivity contribution in [2.45, 2.75) is 19.9 Å². The minimum absolute atomic E-state index is 0.0862. The molecule has 2 aromatic rings. The molecular formula is C20H24FN3O3. The average molecular weight is 373 g/mol. The number of amides is 3. The van der Waals surface area contributed by atoms with Gasteiger partial charge in [0.15, 0.2) is 0 Å². The van der Waals surface area contributed by atoms with Crippen molar-refractivity contribution in [2.75, 3.05) is 25.6 Å². The molecule has 0 aliphatic heterocycles. The third-order valence-electron chi connectivity index (χ3n) is 4.05. The van der Waals surface area contributed by atoms with Crippen LogP contribution in [-0.2, 0) is 11.3 Å². The number of nitrogens with one attached hydrogen (secondary N) is 1. The standard InChI is InChI=1S/C20H24FN3O3/c1-14-4-6-15(7-5-14)13-24(10-3-11-27-2)20(26)23-18-12-16(19(22)25)8-9-17(18)21/h4-9,12H,3,10-11,13H2,1-2H3,(H2,22,25)(H,23,26). The van der Waals surface area contributed by atoms with Crippen LogP contribution < -0.4 is 11.1 Å². The second kappa shape index (κ2) is 9.68. The first-order valence-corrected chi connectivity index (χ1v) is 8.60. The zero-order valence-corrected chi connectivity index (χ0v) is 15.5. The highest BCUT2D eigenvalue weighted by Crippen LogP contribution is 2.17. The number of nitrogens with two attached hydrogens (primary N) is 1. The van der Waals surface area contributed by atoms with Crippen LogP contribution in [0.25, 0.3) is 0 Å². The number of halogens is 1. The maximum Gasteiger partial charge on any atom is 0.322 e. The number of anilines is 1. The van der Waals surface area contributed by atoms with Crippen LogP contribution in [0.1, 0.15) is 27.9 Å². The monoisotopic (exact) mass is 373 g/mol. The predicted molar refractivity (Wildman–Crippen MR) is 102 cm³/mol. The van der Waals surface area contributed by atoms with Crippen molar-refractivity contribution in [3.8, 4) is 0 Å². The Labute approximate surface area is 158 Å². The first-order valence-electron chi connectivity index (χ1n) is 8.60. The van der Waals surface area contributed by atoms with Gasteiger partial charge in [-0.05, 0) is 37.1 Å². The van der Waals surface area contributed by atoms with Crippen molar-refractivity contribution in [2.24, 2.45) is 5.73 Å². The number of primary amides is 1. The number of benzene rings is 2. The fraction of sp³-hybridized carbons (Fsp3) is 0.300. The Bertz CT molecular complexity index is 794. The summed E-state index contributed by atoms with van der Waals surface area (Å²) in [5, 5.41) is 2.53. The molecule has 144 valence electrons. The van der Waals surface area contributed by atoms with Gasteiger partial charge in [0.2, 0.25) is 5.91 Å². The molecule has 0 aromatic heterocycles. The van der Waals surface area contributed by atoms with Gasteiger partial charge in [-0.3, -0.25) is 4.79 Å². The summed E-state index contributed by atoms with van der Waals surface area (Å²) in [4.78, 5) is 25.6. The van der Waals surface area contributed by atoms with Gasteiger partial charge < -0.3 is 20.7 Å². The van der Waals surface area contributed by atoms with E-state index in [9.17, 15) is 14.0 Å². The molecule has 0 fully saturated rings. The number of carbonyl (C=O) groups excluding carboxylic acids is 2. The van der Waals surface area contributed by atoms with E-state index in [0.29, 0.717) is 26.1 Å². The molecule has 27 heavy (non-hydrogen) atoms. The molecule has 2 aromatic carbocycles. The fourth-order valence-corrected chi connectivity index (χ4v) is 2.53. The number of ether oxygens (including phenoxy) is 1. The van der Waals surface area contributed by atoms with Crippen molar-refractivity contribution in [3.05, 3.63) is 65.0 Å². The molecule has 6 nitrogen and oxygen atoms in total. The van der Waals surface area contributed by atoms with Crippen LogP contribution >= 0.6 is 0 Å². The topological polar surface area (TPSA) is 84.7 Å². The molecule has 3 N–H and O–H groups in total. The number of hydrogen-bond acceptors (Lipinski definition) is 3. The Morgan fingerprint density at radius 2 is 1.89 bits per heavy atom. The van der Waals surface area contributed by atoms with E-state index >= 15 is 0 Å². The largest absolute Gasteiger partial charge is 0.385 e. The van der Waals surface area contributed by atoms with E-state index in [1.807, 2.05) is 31.2 Å². The minimum Gasteiger partial charge on any atom is -0.385 e. The zero-order valence-electron chi connectivity index (χ0n) is 15.5. The van der Waals surface area contributed by atoms with Gasteiger partial charge in [-0.1, -0.05) is 29.8 Å². The van der Waals surface area contributed by atoms with Crippen molar-refractivity contribution in [3.63, 3.8) is 0 Å². The molecule has 0 radical (unpaired) electrons. The number of carbonyl (C=O) groups is 2. The van der Waals surface area contributed by atoms with Crippen LogP contribution in [0.2, 0.25) is 0 Å². The second-order valence-corrected chi connectivity index (χ2v) is 6.24. The smallest absolute Gasteiger partial charge is 0.322 e. The van der Waals surface area contributed by atoms with Crippen LogP contribution in [-0.4, -0.2) is 37.1 Å². The quantitative estimate of drug-likeness (QED) is 0.696. The van der Waals surface area contributed by atoms with Crippen molar-refractivity contribution < 1.29 is 18.7 Å². The van der Waals surface area contributed by atoms with Crippen molar-refractivity contribution >= 4 is 17.6 Å². The lowest BCUT2D eigenvalue weighted by molar-refractivity contribution is 0.1000. The Hall–Kier alpha value is -2.93. The van der Waals surface area contributed by atoms with Gasteiger partial charge >= 0.3 is 6.03 Å². The molecule has 0 heterocycles. The van der Waals surface area contributed by atoms with Gasteiger partial charge in [0, 0.05) is 32.4 Å². The molecule has 0 unspecified atom stereocenters. The second-order valence-electron chi connectivity index (χ2n) is 6.24. The highest BCUT2D eigenvalue weighted by Gasteiger charge is 2.17. The fourth-order valence-electron chi connectivity index (χ4n) is 2.53. The van der Waals surface area contributed by atoms with Gasteiger partial charge in [-0.25, -0.2) is 9.18 Å². The number of urea groups is 1. The average Bonchev–Trinajstić information content (AvgIpc) is 2.64. The van der Waals surface area contributed by atoms with E-state index < -0.39 is 17.8 Å². The SMILES string of the molecule is COCCCN(Cc1ccc(C)cc1)C(=O)Nc1cc(C(N)=O)ccc1F. The van der Waals surface area contributed by atoms with Crippen molar-refractivity contribution in [1.29, 1.82) is 0 Å². The van der Waals surface area contributed by atoms with Crippen molar-refractivity contribution in [1.82, 2.24) is 4.90 Å². The lowest BCUT2D eigenvalue weighted by atomic mass is 10.1. The summed E-state index contributed by atoms with van der Waals surface area (Å²) in [6.45, 7) is 3.29. The maximum absolute atomic E-state index is 14.0. The van der Waals surface area contributed by atoms with Gasteiger partial charge in [0.1, 0.15) is 5.82 Å². The van der Waals surface area contributed by atoms with Crippen LogP contribution in [0.5, 0.6) is 0 Å². The molecule has 0 saturated carbocycles. The molecular weight excluding hydrogens is 349 g/mol. The summed E-state index contributed by atoms with van der Waals surface area (Å²) in [5.41, 5.74) is 7.34. The van der Waals surface area contributed by atoms with Gasteiger partial charge in [-0.2, -0.15) is 0 Å².